The van der Waals surface area contributed by atoms with Gasteiger partial charge in [0, 0.05) is 11.2 Å². The number of nitrogens with zero attached hydrogens (tertiary/aromatic N) is 6. The Morgan fingerprint density at radius 3 is 2.76 bits per heavy atom. The number of benzene rings is 1. The van der Waals surface area contributed by atoms with Gasteiger partial charge in [0.05, 0.1) is 31.5 Å². The highest BCUT2D eigenvalue weighted by Gasteiger charge is 2.24. The number of hydrogen-bond donors (Lipinski definition) is 0. The van der Waals surface area contributed by atoms with Crippen molar-refractivity contribution in [3.63, 3.8) is 0 Å². The number of rotatable bonds is 6. The second-order valence-corrected chi connectivity index (χ2v) is 7.86. The smallest absolute Gasteiger partial charge is 0.341 e. The van der Waals surface area contributed by atoms with Gasteiger partial charge in [-0.25, -0.2) is 23.5 Å². The Morgan fingerprint density at radius 2 is 2.09 bits per heavy atom. The van der Waals surface area contributed by atoms with Crippen molar-refractivity contribution < 1.29 is 18.7 Å². The Balaban J connectivity index is 0.00000306. The monoisotopic (exact) mass is 556 g/mol. The molecule has 0 saturated heterocycles. The lowest BCUT2D eigenvalue weighted by Gasteiger charge is -2.16. The van der Waals surface area contributed by atoms with E-state index in [9.17, 15) is 9.18 Å². The lowest BCUT2D eigenvalue weighted by atomic mass is 10.1. The molecule has 33 heavy (non-hydrogen) atoms. The zero-order valence-electron chi connectivity index (χ0n) is 17.7. The standard InChI is InChI=1S/C20H17BrClFN6O3.H2S/c1-4-32-19(30)11-8-24-28(9-11)20-25-15-16(18(26-20)31-3)29(27-17(15)21)10(2)13-6-5-12(23)7-14(13)22;/h5-10H,4H2,1-3H3;1H2/t10-;/m0./s1. The fourth-order valence-corrected chi connectivity index (χ4v) is 3.99. The Labute approximate surface area is 208 Å². The topological polar surface area (TPSA) is 96.9 Å². The van der Waals surface area contributed by atoms with E-state index in [-0.39, 0.29) is 48.6 Å². The molecule has 0 fully saturated rings. The fourth-order valence-electron chi connectivity index (χ4n) is 3.21. The summed E-state index contributed by atoms with van der Waals surface area (Å²) in [7, 11) is 1.47. The van der Waals surface area contributed by atoms with E-state index in [1.165, 1.54) is 36.3 Å². The molecule has 0 aliphatic rings. The van der Waals surface area contributed by atoms with Gasteiger partial charge in [0.15, 0.2) is 10.1 Å². The molecule has 0 bridgehead atoms. The zero-order chi connectivity index (χ0) is 23.0. The van der Waals surface area contributed by atoms with Crippen molar-refractivity contribution in [1.82, 2.24) is 29.5 Å². The van der Waals surface area contributed by atoms with Crippen LogP contribution >= 0.6 is 41.0 Å². The summed E-state index contributed by atoms with van der Waals surface area (Å²) >= 11 is 9.69. The molecule has 0 unspecified atom stereocenters. The summed E-state index contributed by atoms with van der Waals surface area (Å²) in [4.78, 5) is 20.9. The van der Waals surface area contributed by atoms with Crippen molar-refractivity contribution in [3.05, 3.63) is 57.2 Å². The van der Waals surface area contributed by atoms with E-state index in [2.05, 4.69) is 36.1 Å². The van der Waals surface area contributed by atoms with Crippen LogP contribution in [0.4, 0.5) is 4.39 Å². The van der Waals surface area contributed by atoms with Crippen LogP contribution in [0.1, 0.15) is 35.8 Å². The van der Waals surface area contributed by atoms with E-state index in [0.29, 0.717) is 21.2 Å². The number of esters is 1. The molecule has 13 heteroatoms. The lowest BCUT2D eigenvalue weighted by Crippen LogP contribution is -2.11. The van der Waals surface area contributed by atoms with Crippen LogP contribution in [0.5, 0.6) is 5.88 Å². The summed E-state index contributed by atoms with van der Waals surface area (Å²) in [6, 6.07) is 3.81. The van der Waals surface area contributed by atoms with Crippen molar-refractivity contribution in [2.75, 3.05) is 13.7 Å². The average molecular weight is 558 g/mol. The van der Waals surface area contributed by atoms with Gasteiger partial charge in [-0.2, -0.15) is 28.7 Å². The van der Waals surface area contributed by atoms with Gasteiger partial charge in [0.2, 0.25) is 5.88 Å². The van der Waals surface area contributed by atoms with Crippen LogP contribution in [-0.2, 0) is 4.74 Å². The highest BCUT2D eigenvalue weighted by molar-refractivity contribution is 9.10. The largest absolute Gasteiger partial charge is 0.479 e. The lowest BCUT2D eigenvalue weighted by molar-refractivity contribution is 0.0526. The molecule has 3 aromatic heterocycles. The van der Waals surface area contributed by atoms with Gasteiger partial charge in [0.1, 0.15) is 11.3 Å². The van der Waals surface area contributed by atoms with Crippen molar-refractivity contribution in [3.8, 4) is 11.8 Å². The third-order valence-electron chi connectivity index (χ3n) is 4.73. The third-order valence-corrected chi connectivity index (χ3v) is 5.59. The summed E-state index contributed by atoms with van der Waals surface area (Å²) in [5.41, 5.74) is 1.91. The maximum Gasteiger partial charge on any atom is 0.341 e. The van der Waals surface area contributed by atoms with Crippen LogP contribution in [0, 0.1) is 5.82 Å². The van der Waals surface area contributed by atoms with Gasteiger partial charge in [0.25, 0.3) is 5.95 Å². The maximum atomic E-state index is 13.5. The number of methoxy groups -OCH3 is 1. The van der Waals surface area contributed by atoms with Gasteiger partial charge < -0.3 is 9.47 Å². The quantitative estimate of drug-likeness (QED) is 0.323. The molecule has 1 aromatic carbocycles. The molecule has 4 rings (SSSR count). The van der Waals surface area contributed by atoms with E-state index in [4.69, 9.17) is 21.1 Å². The summed E-state index contributed by atoms with van der Waals surface area (Å²) in [5.74, 6) is -0.505. The molecule has 0 aliphatic carbocycles. The molecular formula is C20H19BrClFN6O3S. The van der Waals surface area contributed by atoms with Crippen molar-refractivity contribution >= 4 is 58.0 Å². The van der Waals surface area contributed by atoms with Gasteiger partial charge in [-0.05, 0) is 47.5 Å². The Morgan fingerprint density at radius 1 is 1.33 bits per heavy atom. The van der Waals surface area contributed by atoms with Crippen molar-refractivity contribution in [2.24, 2.45) is 0 Å². The number of carbonyl (C=O) groups is 1. The van der Waals surface area contributed by atoms with E-state index in [1.807, 2.05) is 6.92 Å². The zero-order valence-corrected chi connectivity index (χ0v) is 21.1. The van der Waals surface area contributed by atoms with Crippen molar-refractivity contribution in [2.45, 2.75) is 19.9 Å². The highest BCUT2D eigenvalue weighted by atomic mass is 79.9. The Kier molecular flexibility index (Phi) is 7.60. The second-order valence-electron chi connectivity index (χ2n) is 6.70. The molecule has 0 N–H and O–H groups in total. The van der Waals surface area contributed by atoms with E-state index in [0.717, 1.165) is 0 Å². The van der Waals surface area contributed by atoms with Gasteiger partial charge >= 0.3 is 5.97 Å². The Bertz CT molecular complexity index is 1330. The average Bonchev–Trinajstić information content (AvgIpc) is 3.38. The molecular weight excluding hydrogens is 539 g/mol. The van der Waals surface area contributed by atoms with Gasteiger partial charge in [-0.15, -0.1) is 0 Å². The van der Waals surface area contributed by atoms with Crippen LogP contribution in [0.2, 0.25) is 5.02 Å². The van der Waals surface area contributed by atoms with Crippen LogP contribution in [0.25, 0.3) is 17.0 Å². The number of aromatic nitrogens is 6. The van der Waals surface area contributed by atoms with E-state index in [1.54, 1.807) is 17.7 Å². The molecule has 174 valence electrons. The molecule has 0 spiro atoms. The summed E-state index contributed by atoms with van der Waals surface area (Å²) in [6.45, 7) is 3.84. The highest BCUT2D eigenvalue weighted by Crippen LogP contribution is 2.34. The fraction of sp³-hybridized carbons (Fsp3) is 0.250. The summed E-state index contributed by atoms with van der Waals surface area (Å²) in [5, 5.41) is 8.95. The normalized spacial score (nSPS) is 11.8. The third kappa shape index (κ3) is 4.68. The van der Waals surface area contributed by atoms with Crippen LogP contribution in [-0.4, -0.2) is 49.2 Å². The molecule has 9 nitrogen and oxygen atoms in total. The minimum Gasteiger partial charge on any atom is -0.479 e. The van der Waals surface area contributed by atoms with Gasteiger partial charge in [-0.3, -0.25) is 0 Å². The number of halogens is 3. The predicted octanol–water partition coefficient (Wildman–Crippen LogP) is 4.47. The SMILES string of the molecule is CCOC(=O)c1cnn(-c2nc(OC)c3c(n2)c(Br)nn3[C@@H](C)c2ccc(F)cc2Cl)c1.S. The van der Waals surface area contributed by atoms with Crippen LogP contribution in [0.15, 0.2) is 35.2 Å². The molecule has 3 heterocycles. The number of ether oxygens (including phenoxy) is 2. The van der Waals surface area contributed by atoms with Crippen LogP contribution in [0.3, 0.4) is 0 Å². The van der Waals surface area contributed by atoms with Crippen LogP contribution < -0.4 is 4.74 Å². The van der Waals surface area contributed by atoms with E-state index < -0.39 is 11.8 Å². The predicted molar refractivity (Wildman–Crippen MR) is 128 cm³/mol. The second kappa shape index (κ2) is 10.1. The minimum absolute atomic E-state index is 0. The van der Waals surface area contributed by atoms with E-state index >= 15 is 0 Å². The molecule has 4 aromatic rings. The first-order valence-corrected chi connectivity index (χ1v) is 10.7. The minimum atomic E-state index is -0.495. The maximum absolute atomic E-state index is 13.5. The number of fused-ring (bicyclic) bond motifs is 1. The molecule has 0 aliphatic heterocycles. The summed E-state index contributed by atoms with van der Waals surface area (Å²) < 4.78 is 27.4. The first-order chi connectivity index (χ1) is 15.3. The molecule has 0 radical (unpaired) electrons. The molecule has 0 amide bonds. The number of hydrogen-bond acceptors (Lipinski definition) is 7. The molecule has 1 atom stereocenters. The number of carbonyl (C=O) groups excluding carboxylic acids is 1. The first-order valence-electron chi connectivity index (χ1n) is 9.50. The Hall–Kier alpha value is -2.70. The van der Waals surface area contributed by atoms with Gasteiger partial charge in [-0.1, -0.05) is 17.7 Å². The summed E-state index contributed by atoms with van der Waals surface area (Å²) in [6.07, 6.45) is 2.84. The van der Waals surface area contributed by atoms with Crippen molar-refractivity contribution in [1.29, 1.82) is 0 Å². The first kappa shape index (κ1) is 24.9. The molecule has 0 saturated carbocycles.